The van der Waals surface area contributed by atoms with Crippen LogP contribution in [0.1, 0.15) is 34.1 Å². The minimum absolute atomic E-state index is 0.0149. The quantitative estimate of drug-likeness (QED) is 0.658. The molecule has 0 rings (SSSR count). The third-order valence-electron chi connectivity index (χ3n) is 1.72. The van der Waals surface area contributed by atoms with Crippen LogP contribution in [0.15, 0.2) is 0 Å². The summed E-state index contributed by atoms with van der Waals surface area (Å²) in [4.78, 5) is 6.71. The normalized spacial score (nSPS) is 13.3. The second kappa shape index (κ2) is 5.82. The van der Waals surface area contributed by atoms with Crippen LogP contribution < -0.4 is 9.96 Å². The molecule has 5 heteroatoms. The molecule has 0 aromatic carbocycles. The Labute approximate surface area is 88.8 Å². The third-order valence-corrected chi connectivity index (χ3v) is 4.67. The standard InChI is InChI=1S/C9H24N2O2Si/c1-7-8-10-14(12-5,13-6)11-9(2,3)4/h10-11H,7-8H2,1-6H3. The van der Waals surface area contributed by atoms with Crippen LogP contribution in [0.2, 0.25) is 0 Å². The Morgan fingerprint density at radius 1 is 1.14 bits per heavy atom. The van der Waals surface area contributed by atoms with E-state index in [2.05, 4.69) is 37.7 Å². The lowest BCUT2D eigenvalue weighted by Crippen LogP contribution is -2.70. The van der Waals surface area contributed by atoms with Crippen molar-refractivity contribution in [2.45, 2.75) is 39.7 Å². The molecule has 0 spiro atoms. The second-order valence-electron chi connectivity index (χ2n) is 4.33. The summed E-state index contributed by atoms with van der Waals surface area (Å²) in [6.07, 6.45) is 1.06. The van der Waals surface area contributed by atoms with Gasteiger partial charge in [-0.3, -0.25) is 9.96 Å². The van der Waals surface area contributed by atoms with Gasteiger partial charge < -0.3 is 8.85 Å². The van der Waals surface area contributed by atoms with Gasteiger partial charge >= 0.3 is 8.88 Å². The number of hydrogen-bond acceptors (Lipinski definition) is 4. The van der Waals surface area contributed by atoms with Gasteiger partial charge in [0.25, 0.3) is 0 Å². The molecule has 14 heavy (non-hydrogen) atoms. The van der Waals surface area contributed by atoms with E-state index in [1.165, 1.54) is 0 Å². The molecule has 0 aliphatic rings. The number of nitrogens with one attached hydrogen (secondary N) is 2. The summed E-state index contributed by atoms with van der Waals surface area (Å²) in [6, 6.07) is 0. The lowest BCUT2D eigenvalue weighted by molar-refractivity contribution is 0.198. The van der Waals surface area contributed by atoms with Crippen LogP contribution in [-0.4, -0.2) is 35.2 Å². The van der Waals surface area contributed by atoms with Gasteiger partial charge in [-0.15, -0.1) is 0 Å². The molecule has 0 aliphatic carbocycles. The minimum Gasteiger partial charge on any atom is -0.374 e. The average Bonchev–Trinajstić information content (AvgIpc) is 2.10. The molecule has 0 saturated heterocycles. The van der Waals surface area contributed by atoms with E-state index in [1.54, 1.807) is 14.2 Å². The van der Waals surface area contributed by atoms with Gasteiger partial charge in [0.05, 0.1) is 0 Å². The first-order valence-electron chi connectivity index (χ1n) is 5.04. The third kappa shape index (κ3) is 5.07. The first-order valence-corrected chi connectivity index (χ1v) is 6.85. The van der Waals surface area contributed by atoms with Crippen molar-refractivity contribution in [1.29, 1.82) is 0 Å². The van der Waals surface area contributed by atoms with Crippen molar-refractivity contribution < 1.29 is 8.85 Å². The monoisotopic (exact) mass is 220 g/mol. The van der Waals surface area contributed by atoms with Gasteiger partial charge in [-0.05, 0) is 33.7 Å². The van der Waals surface area contributed by atoms with E-state index in [0.29, 0.717) is 0 Å². The predicted molar refractivity (Wildman–Crippen MR) is 61.0 cm³/mol. The van der Waals surface area contributed by atoms with Crippen molar-refractivity contribution in [3.8, 4) is 0 Å². The van der Waals surface area contributed by atoms with E-state index in [1.807, 2.05) is 0 Å². The van der Waals surface area contributed by atoms with Crippen molar-refractivity contribution in [2.24, 2.45) is 0 Å². The van der Waals surface area contributed by atoms with E-state index < -0.39 is 8.88 Å². The predicted octanol–water partition coefficient (Wildman–Crippen LogP) is 1.10. The highest BCUT2D eigenvalue weighted by Crippen LogP contribution is 2.06. The highest BCUT2D eigenvalue weighted by molar-refractivity contribution is 6.62. The summed E-state index contributed by atoms with van der Waals surface area (Å²) in [5, 5.41) is 0. The molecule has 0 heterocycles. The minimum atomic E-state index is -2.40. The molecular formula is C9H24N2O2Si. The smallest absolute Gasteiger partial charge is 0.374 e. The van der Waals surface area contributed by atoms with Gasteiger partial charge in [-0.2, -0.15) is 0 Å². The maximum absolute atomic E-state index is 5.46. The first-order chi connectivity index (χ1) is 6.39. The molecule has 0 aromatic rings. The molecule has 86 valence electrons. The van der Waals surface area contributed by atoms with E-state index in [4.69, 9.17) is 8.85 Å². The maximum Gasteiger partial charge on any atom is 0.516 e. The number of rotatable bonds is 6. The van der Waals surface area contributed by atoms with Crippen LogP contribution in [0.4, 0.5) is 0 Å². The fourth-order valence-corrected chi connectivity index (χ4v) is 3.47. The summed E-state index contributed by atoms with van der Waals surface area (Å²) in [5.74, 6) is 0. The van der Waals surface area contributed by atoms with Gasteiger partial charge in [-0.1, -0.05) is 6.92 Å². The molecular weight excluding hydrogens is 196 g/mol. The molecule has 0 bridgehead atoms. The van der Waals surface area contributed by atoms with Crippen molar-refractivity contribution in [2.75, 3.05) is 20.8 Å². The van der Waals surface area contributed by atoms with Gasteiger partial charge in [-0.25, -0.2) is 0 Å². The molecule has 0 aromatic heterocycles. The zero-order valence-electron chi connectivity index (χ0n) is 10.2. The zero-order chi connectivity index (χ0) is 11.2. The molecule has 0 saturated carbocycles. The second-order valence-corrected chi connectivity index (χ2v) is 6.98. The molecule has 0 radical (unpaired) electrons. The Morgan fingerprint density at radius 3 is 1.93 bits per heavy atom. The lowest BCUT2D eigenvalue weighted by atomic mass is 10.1. The Kier molecular flexibility index (Phi) is 5.85. The van der Waals surface area contributed by atoms with Gasteiger partial charge in [0.1, 0.15) is 0 Å². The Morgan fingerprint density at radius 2 is 1.64 bits per heavy atom. The van der Waals surface area contributed by atoms with E-state index in [0.717, 1.165) is 13.0 Å². The fraction of sp³-hybridized carbons (Fsp3) is 1.00. The molecule has 0 unspecified atom stereocenters. The lowest BCUT2D eigenvalue weighted by Gasteiger charge is -2.34. The van der Waals surface area contributed by atoms with Gasteiger partial charge in [0.15, 0.2) is 0 Å². The molecule has 0 fully saturated rings. The highest BCUT2D eigenvalue weighted by Gasteiger charge is 2.40. The van der Waals surface area contributed by atoms with Crippen LogP contribution >= 0.6 is 0 Å². The van der Waals surface area contributed by atoms with Crippen molar-refractivity contribution in [1.82, 2.24) is 9.96 Å². The molecule has 2 N–H and O–H groups in total. The Bertz CT molecular complexity index is 155. The highest BCUT2D eigenvalue weighted by atomic mass is 28.4. The largest absolute Gasteiger partial charge is 0.516 e. The van der Waals surface area contributed by atoms with Crippen LogP contribution in [0, 0.1) is 0 Å². The Hall–Kier alpha value is 0.0569. The van der Waals surface area contributed by atoms with Gasteiger partial charge in [0.2, 0.25) is 0 Å². The van der Waals surface area contributed by atoms with Crippen LogP contribution in [0.5, 0.6) is 0 Å². The maximum atomic E-state index is 5.46. The van der Waals surface area contributed by atoms with Gasteiger partial charge in [0, 0.05) is 19.8 Å². The SMILES string of the molecule is CCCN[Si](NC(C)(C)C)(OC)OC. The van der Waals surface area contributed by atoms with Crippen molar-refractivity contribution in [3.05, 3.63) is 0 Å². The van der Waals surface area contributed by atoms with E-state index >= 15 is 0 Å². The average molecular weight is 220 g/mol. The van der Waals surface area contributed by atoms with Crippen LogP contribution in [-0.2, 0) is 8.85 Å². The van der Waals surface area contributed by atoms with E-state index in [9.17, 15) is 0 Å². The first kappa shape index (κ1) is 14.1. The number of hydrogen-bond donors (Lipinski definition) is 2. The Balaban J connectivity index is 4.36. The molecule has 4 nitrogen and oxygen atoms in total. The van der Waals surface area contributed by atoms with Crippen molar-refractivity contribution >= 4 is 8.88 Å². The topological polar surface area (TPSA) is 42.5 Å². The van der Waals surface area contributed by atoms with E-state index in [-0.39, 0.29) is 5.54 Å². The zero-order valence-corrected chi connectivity index (χ0v) is 11.2. The summed E-state index contributed by atoms with van der Waals surface area (Å²) in [7, 11) is 0.956. The van der Waals surface area contributed by atoms with Crippen LogP contribution in [0.25, 0.3) is 0 Å². The summed E-state index contributed by atoms with van der Waals surface area (Å²) >= 11 is 0. The molecule has 0 amide bonds. The summed E-state index contributed by atoms with van der Waals surface area (Å²) in [5.41, 5.74) is -0.0149. The molecule has 0 aliphatic heterocycles. The van der Waals surface area contributed by atoms with Crippen LogP contribution in [0.3, 0.4) is 0 Å². The summed E-state index contributed by atoms with van der Waals surface area (Å²) < 4.78 is 10.9. The molecule has 0 atom stereocenters. The fourth-order valence-electron chi connectivity index (χ4n) is 1.16. The summed E-state index contributed by atoms with van der Waals surface area (Å²) in [6.45, 7) is 9.31. The van der Waals surface area contributed by atoms with Crippen molar-refractivity contribution in [3.63, 3.8) is 0 Å².